The van der Waals surface area contributed by atoms with Gasteiger partial charge in [-0.05, 0) is 23.7 Å². The van der Waals surface area contributed by atoms with Crippen molar-refractivity contribution in [2.75, 3.05) is 4.72 Å². The molecule has 0 aliphatic carbocycles. The van der Waals surface area contributed by atoms with Gasteiger partial charge in [-0.25, -0.2) is 12.8 Å². The van der Waals surface area contributed by atoms with Crippen LogP contribution >= 0.6 is 11.8 Å². The second-order valence-electron chi connectivity index (χ2n) is 4.78. The lowest BCUT2D eigenvalue weighted by Crippen LogP contribution is -2.13. The van der Waals surface area contributed by atoms with E-state index in [1.807, 2.05) is 0 Å². The molecule has 1 N–H and O–H groups in total. The number of rotatable bonds is 4. The standard InChI is InChI=1S/C14H9ClFN5O2S/c15-21-8-14(10-3-1-2-4-13(10)21)24(22,23)19-12-6-5-9(18-20-17)7-11(12)16/h1-8,19H. The van der Waals surface area contributed by atoms with Crippen LogP contribution in [-0.2, 0) is 10.0 Å². The lowest BCUT2D eigenvalue weighted by molar-refractivity contribution is 0.599. The summed E-state index contributed by atoms with van der Waals surface area (Å²) < 4.78 is 42.4. The summed E-state index contributed by atoms with van der Waals surface area (Å²) >= 11 is 5.98. The zero-order chi connectivity index (χ0) is 17.3. The summed E-state index contributed by atoms with van der Waals surface area (Å²) in [5, 5.41) is 3.66. The number of halogens is 2. The van der Waals surface area contributed by atoms with Gasteiger partial charge in [0, 0.05) is 34.0 Å². The predicted molar refractivity (Wildman–Crippen MR) is 89.2 cm³/mol. The van der Waals surface area contributed by atoms with Crippen LogP contribution in [0.25, 0.3) is 21.3 Å². The number of para-hydroxylation sites is 1. The van der Waals surface area contributed by atoms with Gasteiger partial charge >= 0.3 is 0 Å². The lowest BCUT2D eigenvalue weighted by atomic mass is 10.2. The molecule has 1 heterocycles. The molecule has 7 nitrogen and oxygen atoms in total. The maximum absolute atomic E-state index is 14.0. The monoisotopic (exact) mass is 365 g/mol. The topological polar surface area (TPSA) is 99.9 Å². The summed E-state index contributed by atoms with van der Waals surface area (Å²) in [5.74, 6) is -0.863. The highest BCUT2D eigenvalue weighted by atomic mass is 35.5. The molecule has 122 valence electrons. The fourth-order valence-corrected chi connectivity index (χ4v) is 3.80. The Bertz CT molecular complexity index is 1090. The molecular weight excluding hydrogens is 357 g/mol. The van der Waals surface area contributed by atoms with E-state index >= 15 is 0 Å². The number of sulfonamides is 1. The van der Waals surface area contributed by atoms with Crippen LogP contribution in [0.4, 0.5) is 15.8 Å². The van der Waals surface area contributed by atoms with E-state index in [1.165, 1.54) is 18.3 Å². The van der Waals surface area contributed by atoms with Crippen LogP contribution in [0.1, 0.15) is 0 Å². The second-order valence-corrected chi connectivity index (χ2v) is 6.80. The van der Waals surface area contributed by atoms with Gasteiger partial charge in [-0.3, -0.25) is 8.81 Å². The number of benzene rings is 2. The first-order valence-electron chi connectivity index (χ1n) is 6.56. The summed E-state index contributed by atoms with van der Waals surface area (Å²) in [5.41, 5.74) is 8.61. The number of hydrogen-bond donors (Lipinski definition) is 1. The highest BCUT2D eigenvalue weighted by Gasteiger charge is 2.22. The molecule has 0 fully saturated rings. The van der Waals surface area contributed by atoms with Crippen molar-refractivity contribution in [3.8, 4) is 0 Å². The maximum Gasteiger partial charge on any atom is 0.264 e. The van der Waals surface area contributed by atoms with E-state index in [1.54, 1.807) is 24.3 Å². The summed E-state index contributed by atoms with van der Waals surface area (Å²) in [6, 6.07) is 10.1. The fraction of sp³-hybridized carbons (Fsp3) is 0. The van der Waals surface area contributed by atoms with Crippen LogP contribution in [0.2, 0.25) is 0 Å². The molecule has 0 saturated carbocycles. The highest BCUT2D eigenvalue weighted by molar-refractivity contribution is 7.93. The van der Waals surface area contributed by atoms with Crippen molar-refractivity contribution in [2.45, 2.75) is 4.90 Å². The van der Waals surface area contributed by atoms with Crippen molar-refractivity contribution < 1.29 is 12.8 Å². The van der Waals surface area contributed by atoms with Crippen molar-refractivity contribution in [1.29, 1.82) is 0 Å². The predicted octanol–water partition coefficient (Wildman–Crippen LogP) is 4.52. The summed E-state index contributed by atoms with van der Waals surface area (Å²) in [6.45, 7) is 0. The van der Waals surface area contributed by atoms with Gasteiger partial charge in [-0.2, -0.15) is 0 Å². The molecule has 0 atom stereocenters. The van der Waals surface area contributed by atoms with Crippen molar-refractivity contribution in [3.63, 3.8) is 0 Å². The van der Waals surface area contributed by atoms with Crippen LogP contribution in [0.3, 0.4) is 0 Å². The van der Waals surface area contributed by atoms with Gasteiger partial charge in [0.2, 0.25) is 0 Å². The van der Waals surface area contributed by atoms with Gasteiger partial charge in [0.15, 0.2) is 0 Å². The number of fused-ring (bicyclic) bond motifs is 1. The third kappa shape index (κ3) is 2.88. The molecule has 0 radical (unpaired) electrons. The van der Waals surface area contributed by atoms with E-state index in [4.69, 9.17) is 17.3 Å². The van der Waals surface area contributed by atoms with Crippen LogP contribution in [0.5, 0.6) is 0 Å². The molecule has 0 spiro atoms. The van der Waals surface area contributed by atoms with Gasteiger partial charge in [0.05, 0.1) is 11.2 Å². The van der Waals surface area contributed by atoms with E-state index in [0.717, 1.165) is 10.2 Å². The van der Waals surface area contributed by atoms with E-state index in [-0.39, 0.29) is 16.3 Å². The van der Waals surface area contributed by atoms with Gasteiger partial charge in [-0.1, -0.05) is 29.4 Å². The molecule has 0 aliphatic heterocycles. The first-order valence-corrected chi connectivity index (χ1v) is 8.38. The molecule has 0 aliphatic rings. The molecule has 2 aromatic carbocycles. The van der Waals surface area contributed by atoms with Crippen LogP contribution in [0, 0.1) is 5.82 Å². The van der Waals surface area contributed by atoms with E-state index in [0.29, 0.717) is 10.9 Å². The molecule has 0 saturated heterocycles. The zero-order valence-electron chi connectivity index (χ0n) is 11.9. The first kappa shape index (κ1) is 16.1. The van der Waals surface area contributed by atoms with Crippen molar-refractivity contribution in [2.24, 2.45) is 5.11 Å². The van der Waals surface area contributed by atoms with Crippen molar-refractivity contribution >= 4 is 44.1 Å². The molecular formula is C14H9ClFN5O2S. The van der Waals surface area contributed by atoms with Gasteiger partial charge in [0.25, 0.3) is 10.0 Å². The summed E-state index contributed by atoms with van der Waals surface area (Å²) in [7, 11) is -4.07. The van der Waals surface area contributed by atoms with Gasteiger partial charge in [0.1, 0.15) is 10.7 Å². The average Bonchev–Trinajstić information content (AvgIpc) is 2.89. The number of aromatic nitrogens is 1. The number of nitrogens with one attached hydrogen (secondary N) is 1. The average molecular weight is 366 g/mol. The van der Waals surface area contributed by atoms with Crippen molar-refractivity contribution in [3.05, 3.63) is 64.9 Å². The molecule has 0 bridgehead atoms. The minimum absolute atomic E-state index is 0.0373. The van der Waals surface area contributed by atoms with Gasteiger partial charge < -0.3 is 0 Å². The summed E-state index contributed by atoms with van der Waals surface area (Å²) in [4.78, 5) is 2.46. The molecule has 3 aromatic rings. The molecule has 1 aromatic heterocycles. The van der Waals surface area contributed by atoms with Crippen molar-refractivity contribution in [1.82, 2.24) is 4.09 Å². The van der Waals surface area contributed by atoms with Crippen LogP contribution < -0.4 is 4.72 Å². The Morgan fingerprint density at radius 2 is 2.00 bits per heavy atom. The second kappa shape index (κ2) is 6.04. The first-order chi connectivity index (χ1) is 11.4. The summed E-state index contributed by atoms with van der Waals surface area (Å²) in [6.07, 6.45) is 1.24. The molecule has 24 heavy (non-hydrogen) atoms. The zero-order valence-corrected chi connectivity index (χ0v) is 13.5. The largest absolute Gasteiger partial charge is 0.277 e. The lowest BCUT2D eigenvalue weighted by Gasteiger charge is -2.08. The Labute approximate surface area is 141 Å². The fourth-order valence-electron chi connectivity index (χ4n) is 2.22. The quantitative estimate of drug-likeness (QED) is 0.417. The number of azide groups is 1. The molecule has 3 rings (SSSR count). The highest BCUT2D eigenvalue weighted by Crippen LogP contribution is 2.29. The Kier molecular flexibility index (Phi) is 4.06. The third-order valence-electron chi connectivity index (χ3n) is 3.28. The SMILES string of the molecule is [N-]=[N+]=Nc1ccc(NS(=O)(=O)c2cn(Cl)c3ccccc23)c(F)c1. The third-order valence-corrected chi connectivity index (χ3v) is 4.95. The Morgan fingerprint density at radius 3 is 2.71 bits per heavy atom. The Morgan fingerprint density at radius 1 is 1.25 bits per heavy atom. The normalized spacial score (nSPS) is 11.2. The molecule has 0 amide bonds. The van der Waals surface area contributed by atoms with Crippen LogP contribution in [-0.4, -0.2) is 12.5 Å². The van der Waals surface area contributed by atoms with E-state index in [2.05, 4.69) is 14.7 Å². The maximum atomic E-state index is 14.0. The molecule has 0 unspecified atom stereocenters. The smallest absolute Gasteiger partial charge is 0.264 e. The van der Waals surface area contributed by atoms with E-state index < -0.39 is 15.8 Å². The minimum atomic E-state index is -4.07. The Hall–Kier alpha value is -2.74. The number of hydrogen-bond acceptors (Lipinski definition) is 3. The number of nitrogens with zero attached hydrogens (tertiary/aromatic N) is 4. The van der Waals surface area contributed by atoms with Gasteiger partial charge in [-0.15, -0.1) is 0 Å². The van der Waals surface area contributed by atoms with E-state index in [9.17, 15) is 12.8 Å². The Balaban J connectivity index is 2.04. The number of anilines is 1. The minimum Gasteiger partial charge on any atom is -0.277 e. The van der Waals surface area contributed by atoms with Crippen LogP contribution in [0.15, 0.2) is 58.7 Å². The molecule has 10 heteroatoms.